The van der Waals surface area contributed by atoms with Gasteiger partial charge in [-0.2, -0.15) is 0 Å². The number of aliphatic hydroxyl groups is 2. The van der Waals surface area contributed by atoms with Crippen LogP contribution < -0.4 is 5.32 Å². The fraction of sp³-hybridized carbons (Fsp3) is 0.667. The molecule has 1 aliphatic heterocycles. The van der Waals surface area contributed by atoms with Crippen LogP contribution in [0.3, 0.4) is 0 Å². The number of aromatic nitrogens is 1. The SMILES string of the molecule is CC(C)c1cc(NC(=O)CN2C[C@@H](O)[C@@H](O)C2)on1. The summed E-state index contributed by atoms with van der Waals surface area (Å²) in [5.74, 6) is 0.292. The summed E-state index contributed by atoms with van der Waals surface area (Å²) in [7, 11) is 0. The van der Waals surface area contributed by atoms with Crippen LogP contribution in [0.2, 0.25) is 0 Å². The maximum absolute atomic E-state index is 11.8. The summed E-state index contributed by atoms with van der Waals surface area (Å²) in [5.41, 5.74) is 0.780. The first-order valence-corrected chi connectivity index (χ1v) is 6.30. The van der Waals surface area contributed by atoms with Gasteiger partial charge in [0.2, 0.25) is 11.8 Å². The first-order chi connectivity index (χ1) is 8.95. The number of hydrogen-bond donors (Lipinski definition) is 3. The zero-order valence-corrected chi connectivity index (χ0v) is 11.0. The Morgan fingerprint density at radius 2 is 2.16 bits per heavy atom. The highest BCUT2D eigenvalue weighted by atomic mass is 16.5. The van der Waals surface area contributed by atoms with Crippen molar-refractivity contribution in [3.05, 3.63) is 11.8 Å². The predicted octanol–water partition coefficient (Wildman–Crippen LogP) is -0.226. The summed E-state index contributed by atoms with van der Waals surface area (Å²) in [6.07, 6.45) is -1.57. The summed E-state index contributed by atoms with van der Waals surface area (Å²) in [5, 5.41) is 25.2. The Labute approximate surface area is 111 Å². The normalized spacial score (nSPS) is 24.1. The van der Waals surface area contributed by atoms with E-state index in [1.165, 1.54) is 0 Å². The molecule has 2 heterocycles. The summed E-state index contributed by atoms with van der Waals surface area (Å²) in [6.45, 7) is 4.66. The molecular formula is C12H19N3O4. The maximum atomic E-state index is 11.8. The summed E-state index contributed by atoms with van der Waals surface area (Å²) in [4.78, 5) is 13.4. The first kappa shape index (κ1) is 14.0. The molecule has 0 aromatic carbocycles. The molecule has 1 aliphatic rings. The lowest BCUT2D eigenvalue weighted by Crippen LogP contribution is -2.32. The van der Waals surface area contributed by atoms with Gasteiger partial charge in [0, 0.05) is 19.2 Å². The number of carbonyl (C=O) groups is 1. The minimum atomic E-state index is -0.786. The second-order valence-corrected chi connectivity index (χ2v) is 5.15. The van der Waals surface area contributed by atoms with Crippen LogP contribution in [0.4, 0.5) is 5.88 Å². The fourth-order valence-corrected chi connectivity index (χ4v) is 1.98. The fourth-order valence-electron chi connectivity index (χ4n) is 1.98. The van der Waals surface area contributed by atoms with E-state index < -0.39 is 12.2 Å². The highest BCUT2D eigenvalue weighted by molar-refractivity contribution is 5.91. The topological polar surface area (TPSA) is 98.8 Å². The monoisotopic (exact) mass is 269 g/mol. The van der Waals surface area contributed by atoms with Gasteiger partial charge in [0.25, 0.3) is 0 Å². The second kappa shape index (κ2) is 5.68. The van der Waals surface area contributed by atoms with E-state index in [9.17, 15) is 15.0 Å². The number of aliphatic hydroxyl groups excluding tert-OH is 2. The lowest BCUT2D eigenvalue weighted by atomic mass is 10.1. The number of nitrogens with zero attached hydrogens (tertiary/aromatic N) is 2. The van der Waals surface area contributed by atoms with Crippen LogP contribution in [0.5, 0.6) is 0 Å². The highest BCUT2D eigenvalue weighted by Gasteiger charge is 2.30. The molecule has 2 rings (SSSR count). The van der Waals surface area contributed by atoms with Crippen molar-refractivity contribution in [2.75, 3.05) is 25.0 Å². The predicted molar refractivity (Wildman–Crippen MR) is 67.7 cm³/mol. The van der Waals surface area contributed by atoms with Gasteiger partial charge in [-0.15, -0.1) is 0 Å². The third kappa shape index (κ3) is 3.52. The molecule has 0 radical (unpaired) electrons. The summed E-state index contributed by atoms with van der Waals surface area (Å²) < 4.78 is 5.00. The van der Waals surface area contributed by atoms with Crippen molar-refractivity contribution in [2.24, 2.45) is 0 Å². The number of β-amino-alcohol motifs (C(OH)–C–C–N with tert-alkyl or cyclic N) is 2. The Balaban J connectivity index is 1.84. The molecule has 1 saturated heterocycles. The summed E-state index contributed by atoms with van der Waals surface area (Å²) >= 11 is 0. The van der Waals surface area contributed by atoms with Crippen molar-refractivity contribution >= 4 is 11.8 Å². The average Bonchev–Trinajstić information content (AvgIpc) is 2.87. The van der Waals surface area contributed by atoms with Gasteiger partial charge >= 0.3 is 0 Å². The van der Waals surface area contributed by atoms with Gasteiger partial charge in [0.15, 0.2) is 0 Å². The molecule has 1 aromatic heterocycles. The smallest absolute Gasteiger partial charge is 0.240 e. The molecule has 106 valence electrons. The average molecular weight is 269 g/mol. The molecule has 1 fully saturated rings. The number of rotatable bonds is 4. The molecule has 2 atom stereocenters. The number of hydrogen-bond acceptors (Lipinski definition) is 6. The summed E-state index contributed by atoms with van der Waals surface area (Å²) in [6, 6.07) is 1.69. The molecule has 0 saturated carbocycles. The van der Waals surface area contributed by atoms with Crippen molar-refractivity contribution in [3.8, 4) is 0 Å². The Morgan fingerprint density at radius 1 is 1.53 bits per heavy atom. The van der Waals surface area contributed by atoms with Crippen LogP contribution in [0, 0.1) is 0 Å². The van der Waals surface area contributed by atoms with Crippen molar-refractivity contribution < 1.29 is 19.5 Å². The Bertz CT molecular complexity index is 436. The zero-order valence-electron chi connectivity index (χ0n) is 11.0. The Morgan fingerprint density at radius 3 is 2.68 bits per heavy atom. The van der Waals surface area contributed by atoms with E-state index in [-0.39, 0.29) is 18.4 Å². The molecule has 7 heteroatoms. The van der Waals surface area contributed by atoms with Crippen LogP contribution in [-0.2, 0) is 4.79 Å². The van der Waals surface area contributed by atoms with Crippen molar-refractivity contribution in [1.29, 1.82) is 0 Å². The number of anilines is 1. The van der Waals surface area contributed by atoms with E-state index in [2.05, 4.69) is 10.5 Å². The second-order valence-electron chi connectivity index (χ2n) is 5.15. The van der Waals surface area contributed by atoms with Gasteiger partial charge in [-0.3, -0.25) is 15.0 Å². The third-order valence-corrected chi connectivity index (χ3v) is 3.08. The molecule has 3 N–H and O–H groups in total. The minimum absolute atomic E-state index is 0.103. The lowest BCUT2D eigenvalue weighted by Gasteiger charge is -2.12. The van der Waals surface area contributed by atoms with Crippen molar-refractivity contribution in [1.82, 2.24) is 10.1 Å². The van der Waals surface area contributed by atoms with Gasteiger partial charge in [-0.25, -0.2) is 0 Å². The van der Waals surface area contributed by atoms with E-state index in [0.29, 0.717) is 19.0 Å². The molecule has 0 unspecified atom stereocenters. The molecule has 0 aliphatic carbocycles. The molecule has 0 spiro atoms. The van der Waals surface area contributed by atoms with Crippen molar-refractivity contribution in [3.63, 3.8) is 0 Å². The molecule has 1 amide bonds. The minimum Gasteiger partial charge on any atom is -0.389 e. The van der Waals surface area contributed by atoms with E-state index in [1.807, 2.05) is 13.8 Å². The van der Waals surface area contributed by atoms with Gasteiger partial charge in [-0.05, 0) is 5.92 Å². The Kier molecular flexibility index (Phi) is 4.18. The van der Waals surface area contributed by atoms with Crippen LogP contribution in [0.15, 0.2) is 10.6 Å². The van der Waals surface area contributed by atoms with Crippen LogP contribution >= 0.6 is 0 Å². The highest BCUT2D eigenvalue weighted by Crippen LogP contribution is 2.17. The Hall–Kier alpha value is -1.44. The third-order valence-electron chi connectivity index (χ3n) is 3.08. The maximum Gasteiger partial charge on any atom is 0.240 e. The number of carbonyl (C=O) groups excluding carboxylic acids is 1. The van der Waals surface area contributed by atoms with Gasteiger partial charge in [0.1, 0.15) is 0 Å². The van der Waals surface area contributed by atoms with E-state index >= 15 is 0 Å². The number of likely N-dealkylation sites (tertiary alicyclic amines) is 1. The molecule has 19 heavy (non-hydrogen) atoms. The molecule has 1 aromatic rings. The number of amides is 1. The van der Waals surface area contributed by atoms with Crippen LogP contribution in [0.25, 0.3) is 0 Å². The standard InChI is InChI=1S/C12H19N3O4/c1-7(2)8-3-12(19-14-8)13-11(18)6-15-4-9(16)10(17)5-15/h3,7,9-10,16-17H,4-6H2,1-2H3,(H,13,18)/t9-,10+. The molecule has 7 nitrogen and oxygen atoms in total. The van der Waals surface area contributed by atoms with Gasteiger partial charge < -0.3 is 14.7 Å². The van der Waals surface area contributed by atoms with Crippen LogP contribution in [-0.4, -0.2) is 58.0 Å². The van der Waals surface area contributed by atoms with E-state index in [4.69, 9.17) is 4.52 Å². The first-order valence-electron chi connectivity index (χ1n) is 6.30. The van der Waals surface area contributed by atoms with Gasteiger partial charge in [0.05, 0.1) is 24.4 Å². The zero-order chi connectivity index (χ0) is 14.0. The molecular weight excluding hydrogens is 250 g/mol. The quantitative estimate of drug-likeness (QED) is 0.698. The van der Waals surface area contributed by atoms with Crippen LogP contribution in [0.1, 0.15) is 25.5 Å². The van der Waals surface area contributed by atoms with Crippen molar-refractivity contribution in [2.45, 2.75) is 32.0 Å². The number of nitrogens with one attached hydrogen (secondary N) is 1. The molecule has 0 bridgehead atoms. The van der Waals surface area contributed by atoms with E-state index in [1.54, 1.807) is 11.0 Å². The van der Waals surface area contributed by atoms with E-state index in [0.717, 1.165) is 5.69 Å². The van der Waals surface area contributed by atoms with Gasteiger partial charge in [-0.1, -0.05) is 19.0 Å². The lowest BCUT2D eigenvalue weighted by molar-refractivity contribution is -0.117. The largest absolute Gasteiger partial charge is 0.389 e.